The number of aliphatic hydroxyl groups excluding tert-OH is 1. The van der Waals surface area contributed by atoms with Gasteiger partial charge in [0.15, 0.2) is 17.5 Å². The van der Waals surface area contributed by atoms with Crippen LogP contribution in [0, 0.1) is 17.5 Å². The van der Waals surface area contributed by atoms with Crippen LogP contribution in [0.15, 0.2) is 18.3 Å². The first kappa shape index (κ1) is 15.0. The maximum atomic E-state index is 13.2. The number of ether oxygens (including phenoxy) is 2. The molecule has 0 aliphatic rings. The van der Waals surface area contributed by atoms with Crippen molar-refractivity contribution in [3.8, 4) is 11.8 Å². The van der Waals surface area contributed by atoms with Crippen LogP contribution >= 0.6 is 0 Å². The van der Waals surface area contributed by atoms with E-state index in [4.69, 9.17) is 9.47 Å². The minimum absolute atomic E-state index is 0.0769. The summed E-state index contributed by atoms with van der Waals surface area (Å²) in [4.78, 5) is 7.77. The van der Waals surface area contributed by atoms with Crippen molar-refractivity contribution >= 4 is 0 Å². The van der Waals surface area contributed by atoms with Gasteiger partial charge in [-0.1, -0.05) is 0 Å². The molecule has 2 rings (SSSR count). The van der Waals surface area contributed by atoms with Gasteiger partial charge < -0.3 is 14.6 Å². The first-order valence-electron chi connectivity index (χ1n) is 5.75. The lowest BCUT2D eigenvalue weighted by molar-refractivity contribution is 0.205. The van der Waals surface area contributed by atoms with Crippen LogP contribution in [0.4, 0.5) is 13.2 Å². The molecule has 0 amide bonds. The van der Waals surface area contributed by atoms with E-state index in [0.717, 1.165) is 0 Å². The minimum Gasteiger partial charge on any atom is -0.480 e. The van der Waals surface area contributed by atoms with Crippen LogP contribution in [0.25, 0.3) is 0 Å². The Labute approximate surface area is 118 Å². The zero-order chi connectivity index (χ0) is 15.6. The van der Waals surface area contributed by atoms with Crippen molar-refractivity contribution in [2.24, 2.45) is 0 Å². The number of benzene rings is 1. The highest BCUT2D eigenvalue weighted by Gasteiger charge is 2.22. The number of aromatic nitrogens is 2. The zero-order valence-electron chi connectivity index (χ0n) is 11.1. The Hall–Kier alpha value is -2.35. The average molecular weight is 300 g/mol. The lowest BCUT2D eigenvalue weighted by Crippen LogP contribution is -2.08. The average Bonchev–Trinajstić information content (AvgIpc) is 2.50. The van der Waals surface area contributed by atoms with E-state index in [2.05, 4.69) is 9.97 Å². The van der Waals surface area contributed by atoms with Gasteiger partial charge in [0.05, 0.1) is 20.4 Å². The van der Waals surface area contributed by atoms with Gasteiger partial charge in [-0.2, -0.15) is 4.98 Å². The van der Waals surface area contributed by atoms with Gasteiger partial charge in [0.1, 0.15) is 11.8 Å². The second kappa shape index (κ2) is 5.96. The Morgan fingerprint density at radius 1 is 1.10 bits per heavy atom. The Morgan fingerprint density at radius 2 is 1.71 bits per heavy atom. The van der Waals surface area contributed by atoms with E-state index < -0.39 is 23.6 Å². The molecule has 1 atom stereocenters. The molecule has 0 radical (unpaired) electrons. The SMILES string of the molecule is COc1cnc(C(O)c2cc(F)c(F)c(F)c2)c(OC)n1. The van der Waals surface area contributed by atoms with Crippen LogP contribution < -0.4 is 9.47 Å². The number of hydrogen-bond acceptors (Lipinski definition) is 5. The molecule has 8 heteroatoms. The van der Waals surface area contributed by atoms with Crippen LogP contribution in [0.3, 0.4) is 0 Å². The molecule has 0 bridgehead atoms. The van der Waals surface area contributed by atoms with E-state index in [-0.39, 0.29) is 23.0 Å². The molecule has 5 nitrogen and oxygen atoms in total. The lowest BCUT2D eigenvalue weighted by Gasteiger charge is -2.14. The van der Waals surface area contributed by atoms with Gasteiger partial charge in [-0.15, -0.1) is 0 Å². The van der Waals surface area contributed by atoms with Crippen molar-refractivity contribution in [3.63, 3.8) is 0 Å². The molecule has 1 aromatic heterocycles. The molecule has 0 saturated carbocycles. The van der Waals surface area contributed by atoms with Crippen LogP contribution in [-0.2, 0) is 0 Å². The van der Waals surface area contributed by atoms with E-state index in [1.807, 2.05) is 0 Å². The number of aliphatic hydroxyl groups is 1. The second-order valence-corrected chi connectivity index (χ2v) is 4.01. The fraction of sp³-hybridized carbons (Fsp3) is 0.231. The van der Waals surface area contributed by atoms with Gasteiger partial charge in [0, 0.05) is 0 Å². The van der Waals surface area contributed by atoms with Crippen molar-refractivity contribution in [1.82, 2.24) is 9.97 Å². The topological polar surface area (TPSA) is 64.5 Å². The monoisotopic (exact) mass is 300 g/mol. The molecule has 0 fully saturated rings. The molecule has 21 heavy (non-hydrogen) atoms. The third-order valence-electron chi connectivity index (χ3n) is 2.73. The van der Waals surface area contributed by atoms with Gasteiger partial charge in [0.2, 0.25) is 11.8 Å². The molecule has 1 heterocycles. The fourth-order valence-electron chi connectivity index (χ4n) is 1.69. The number of rotatable bonds is 4. The Balaban J connectivity index is 2.47. The lowest BCUT2D eigenvalue weighted by atomic mass is 10.1. The van der Waals surface area contributed by atoms with E-state index in [9.17, 15) is 18.3 Å². The third-order valence-corrected chi connectivity index (χ3v) is 2.73. The normalized spacial score (nSPS) is 12.1. The highest BCUT2D eigenvalue weighted by Crippen LogP contribution is 2.29. The molecule has 1 unspecified atom stereocenters. The summed E-state index contributed by atoms with van der Waals surface area (Å²) >= 11 is 0. The van der Waals surface area contributed by atoms with E-state index in [1.165, 1.54) is 20.4 Å². The number of halogens is 3. The van der Waals surface area contributed by atoms with Crippen LogP contribution in [0.2, 0.25) is 0 Å². The van der Waals surface area contributed by atoms with Gasteiger partial charge in [-0.25, -0.2) is 18.2 Å². The van der Waals surface area contributed by atoms with Crippen LogP contribution in [0.5, 0.6) is 11.8 Å². The summed E-state index contributed by atoms with van der Waals surface area (Å²) in [5, 5.41) is 10.1. The summed E-state index contributed by atoms with van der Waals surface area (Å²) in [6, 6.07) is 1.35. The minimum atomic E-state index is -1.61. The standard InChI is InChI=1S/C13H11F3N2O3/c1-20-9-5-17-11(13(18-9)21-2)12(19)6-3-7(14)10(16)8(15)4-6/h3-5,12,19H,1-2H3. The van der Waals surface area contributed by atoms with Gasteiger partial charge >= 0.3 is 0 Å². The maximum absolute atomic E-state index is 13.2. The molecule has 112 valence electrons. The van der Waals surface area contributed by atoms with Crippen molar-refractivity contribution in [3.05, 3.63) is 47.0 Å². The van der Waals surface area contributed by atoms with Gasteiger partial charge in [-0.3, -0.25) is 0 Å². The first-order chi connectivity index (χ1) is 9.97. The third kappa shape index (κ3) is 2.89. The molecule has 1 N–H and O–H groups in total. The first-order valence-corrected chi connectivity index (χ1v) is 5.75. The fourth-order valence-corrected chi connectivity index (χ4v) is 1.69. The molecular weight excluding hydrogens is 289 g/mol. The predicted octanol–water partition coefficient (Wildman–Crippen LogP) is 1.99. The Bertz CT molecular complexity index is 644. The molecular formula is C13H11F3N2O3. The Morgan fingerprint density at radius 3 is 2.24 bits per heavy atom. The van der Waals surface area contributed by atoms with Crippen molar-refractivity contribution < 1.29 is 27.8 Å². The molecule has 0 spiro atoms. The predicted molar refractivity (Wildman–Crippen MR) is 65.5 cm³/mol. The van der Waals surface area contributed by atoms with E-state index in [0.29, 0.717) is 12.1 Å². The molecule has 0 saturated heterocycles. The van der Waals surface area contributed by atoms with Crippen molar-refractivity contribution in [2.45, 2.75) is 6.10 Å². The largest absolute Gasteiger partial charge is 0.480 e. The second-order valence-electron chi connectivity index (χ2n) is 4.01. The van der Waals surface area contributed by atoms with E-state index >= 15 is 0 Å². The number of methoxy groups -OCH3 is 2. The summed E-state index contributed by atoms with van der Waals surface area (Å²) in [5.41, 5.74) is -0.298. The van der Waals surface area contributed by atoms with Gasteiger partial charge in [0.25, 0.3) is 0 Å². The number of nitrogens with zero attached hydrogens (tertiary/aromatic N) is 2. The maximum Gasteiger partial charge on any atom is 0.241 e. The van der Waals surface area contributed by atoms with Crippen LogP contribution in [-0.4, -0.2) is 29.3 Å². The smallest absolute Gasteiger partial charge is 0.241 e. The summed E-state index contributed by atoms with van der Waals surface area (Å²) in [7, 11) is 2.65. The Kier molecular flexibility index (Phi) is 4.27. The van der Waals surface area contributed by atoms with E-state index in [1.54, 1.807) is 0 Å². The molecule has 0 aliphatic carbocycles. The van der Waals surface area contributed by atoms with Gasteiger partial charge in [-0.05, 0) is 17.7 Å². The molecule has 2 aromatic rings. The number of hydrogen-bond donors (Lipinski definition) is 1. The van der Waals surface area contributed by atoms with Crippen molar-refractivity contribution in [1.29, 1.82) is 0 Å². The summed E-state index contributed by atoms with van der Waals surface area (Å²) in [5.74, 6) is -4.38. The quantitative estimate of drug-likeness (QED) is 0.875. The van der Waals surface area contributed by atoms with Crippen molar-refractivity contribution in [2.75, 3.05) is 14.2 Å². The highest BCUT2D eigenvalue weighted by atomic mass is 19.2. The summed E-state index contributed by atoms with van der Waals surface area (Å²) in [6.45, 7) is 0. The van der Waals surface area contributed by atoms with Crippen LogP contribution in [0.1, 0.15) is 17.4 Å². The molecule has 1 aromatic carbocycles. The zero-order valence-corrected chi connectivity index (χ0v) is 11.1. The highest BCUT2D eigenvalue weighted by molar-refractivity contribution is 5.33. The molecule has 0 aliphatic heterocycles. The summed E-state index contributed by atoms with van der Waals surface area (Å²) in [6.07, 6.45) is -0.333. The summed E-state index contributed by atoms with van der Waals surface area (Å²) < 4.78 is 49.1.